The van der Waals surface area contributed by atoms with E-state index >= 15 is 0 Å². The fourth-order valence-electron chi connectivity index (χ4n) is 1.52. The molecule has 0 spiro atoms. The van der Waals surface area contributed by atoms with Crippen molar-refractivity contribution < 1.29 is 18.7 Å². The fraction of sp³-hybridized carbons (Fsp3) is 0.375. The molecule has 4 nitrogen and oxygen atoms in total. The van der Waals surface area contributed by atoms with Gasteiger partial charge in [0, 0.05) is 12.6 Å². The van der Waals surface area contributed by atoms with Crippen LogP contribution in [0.15, 0.2) is 24.3 Å². The number of rotatable bonds is 7. The van der Waals surface area contributed by atoms with Crippen LogP contribution in [0.3, 0.4) is 0 Å². The molecule has 0 unspecified atom stereocenters. The minimum absolute atomic E-state index is 0.0277. The van der Waals surface area contributed by atoms with E-state index < -0.39 is 11.8 Å². The number of carbonyl (C=O) groups is 2. The van der Waals surface area contributed by atoms with Crippen LogP contribution in [-0.4, -0.2) is 25.0 Å². The average molecular weight is 328 g/mol. The van der Waals surface area contributed by atoms with Gasteiger partial charge in [0.25, 0.3) is 5.91 Å². The van der Waals surface area contributed by atoms with Gasteiger partial charge in [-0.1, -0.05) is 31.5 Å². The highest BCUT2D eigenvalue weighted by molar-refractivity contribution is 6.30. The summed E-state index contributed by atoms with van der Waals surface area (Å²) < 4.78 is 17.8. The predicted molar refractivity (Wildman–Crippen MR) is 83.9 cm³/mol. The third kappa shape index (κ3) is 7.22. The van der Waals surface area contributed by atoms with E-state index in [4.69, 9.17) is 16.3 Å². The number of hydrogen-bond acceptors (Lipinski definition) is 3. The molecule has 0 aliphatic carbocycles. The summed E-state index contributed by atoms with van der Waals surface area (Å²) >= 11 is 5.62. The minimum atomic E-state index is -0.653. The molecule has 0 atom stereocenters. The van der Waals surface area contributed by atoms with Crippen molar-refractivity contribution in [2.45, 2.75) is 20.3 Å². The Bertz CT molecular complexity index is 558. The van der Waals surface area contributed by atoms with E-state index in [1.807, 2.05) is 0 Å². The summed E-state index contributed by atoms with van der Waals surface area (Å²) in [6.45, 7) is 4.33. The molecular formula is C16H19ClFNO3. The number of hydrogen-bond donors (Lipinski definition) is 1. The largest absolute Gasteiger partial charge is 0.452 e. The number of amides is 1. The molecule has 1 N–H and O–H groups in total. The van der Waals surface area contributed by atoms with Crippen LogP contribution >= 0.6 is 11.6 Å². The lowest BCUT2D eigenvalue weighted by molar-refractivity contribution is -0.143. The van der Waals surface area contributed by atoms with Crippen LogP contribution in [0.4, 0.5) is 4.39 Å². The molecule has 1 aromatic carbocycles. The maximum absolute atomic E-state index is 13.0. The molecule has 0 aliphatic heterocycles. The summed E-state index contributed by atoms with van der Waals surface area (Å²) in [5.74, 6) is -1.03. The van der Waals surface area contributed by atoms with Crippen molar-refractivity contribution in [1.82, 2.24) is 5.32 Å². The van der Waals surface area contributed by atoms with Crippen molar-refractivity contribution >= 4 is 29.6 Å². The van der Waals surface area contributed by atoms with Crippen LogP contribution in [0.5, 0.6) is 0 Å². The Morgan fingerprint density at radius 3 is 2.77 bits per heavy atom. The monoisotopic (exact) mass is 327 g/mol. The first-order valence-electron chi connectivity index (χ1n) is 6.95. The third-order valence-corrected chi connectivity index (χ3v) is 3.03. The molecule has 1 aromatic rings. The van der Waals surface area contributed by atoms with Gasteiger partial charge in [0.05, 0.1) is 5.02 Å². The van der Waals surface area contributed by atoms with Crippen molar-refractivity contribution in [2.24, 2.45) is 5.92 Å². The molecule has 0 aliphatic rings. The van der Waals surface area contributed by atoms with E-state index in [0.29, 0.717) is 18.0 Å². The minimum Gasteiger partial charge on any atom is -0.452 e. The van der Waals surface area contributed by atoms with Gasteiger partial charge in [-0.2, -0.15) is 0 Å². The molecule has 1 rings (SSSR count). The van der Waals surface area contributed by atoms with Gasteiger partial charge in [0.1, 0.15) is 5.82 Å². The highest BCUT2D eigenvalue weighted by Crippen LogP contribution is 2.16. The van der Waals surface area contributed by atoms with Gasteiger partial charge >= 0.3 is 5.97 Å². The van der Waals surface area contributed by atoms with Crippen LogP contribution in [0, 0.1) is 11.7 Å². The Hall–Kier alpha value is -1.88. The molecule has 0 heterocycles. The zero-order chi connectivity index (χ0) is 16.5. The van der Waals surface area contributed by atoms with E-state index in [0.717, 1.165) is 12.5 Å². The molecule has 6 heteroatoms. The molecule has 120 valence electrons. The molecule has 1 amide bonds. The summed E-state index contributed by atoms with van der Waals surface area (Å²) in [5.41, 5.74) is 0.560. The molecule has 0 bridgehead atoms. The van der Waals surface area contributed by atoms with E-state index in [9.17, 15) is 14.0 Å². The van der Waals surface area contributed by atoms with Gasteiger partial charge in [-0.25, -0.2) is 9.18 Å². The van der Waals surface area contributed by atoms with E-state index in [1.165, 1.54) is 24.3 Å². The zero-order valence-electron chi connectivity index (χ0n) is 12.6. The van der Waals surface area contributed by atoms with Gasteiger partial charge in [0.15, 0.2) is 6.61 Å². The number of nitrogens with one attached hydrogen (secondary N) is 1. The molecule has 0 saturated heterocycles. The SMILES string of the molecule is CC(C)CCNC(=O)COC(=O)/C=C/c1ccc(F)c(Cl)c1. The number of carbonyl (C=O) groups excluding carboxylic acids is 2. The molecule has 0 saturated carbocycles. The second kappa shape index (κ2) is 9.20. The van der Waals surface area contributed by atoms with Crippen molar-refractivity contribution in [3.63, 3.8) is 0 Å². The van der Waals surface area contributed by atoms with Crippen LogP contribution in [0.25, 0.3) is 6.08 Å². The van der Waals surface area contributed by atoms with Crippen LogP contribution in [0.1, 0.15) is 25.8 Å². The maximum atomic E-state index is 13.0. The van der Waals surface area contributed by atoms with Crippen LogP contribution in [0.2, 0.25) is 5.02 Å². The highest BCUT2D eigenvalue weighted by atomic mass is 35.5. The number of esters is 1. The molecule has 0 fully saturated rings. The zero-order valence-corrected chi connectivity index (χ0v) is 13.3. The van der Waals surface area contributed by atoms with Gasteiger partial charge in [0.2, 0.25) is 0 Å². The quantitative estimate of drug-likeness (QED) is 0.618. The second-order valence-electron chi connectivity index (χ2n) is 5.15. The summed E-state index contributed by atoms with van der Waals surface area (Å²) in [5, 5.41) is 2.63. The van der Waals surface area contributed by atoms with Crippen molar-refractivity contribution in [3.05, 3.63) is 40.7 Å². The lowest BCUT2D eigenvalue weighted by Gasteiger charge is -2.07. The normalized spacial score (nSPS) is 11.0. The standard InChI is InChI=1S/C16H19ClFNO3/c1-11(2)7-8-19-15(20)10-22-16(21)6-4-12-3-5-14(18)13(17)9-12/h3-6,9,11H,7-8,10H2,1-2H3,(H,19,20)/b6-4+. The topological polar surface area (TPSA) is 55.4 Å². The molecule has 22 heavy (non-hydrogen) atoms. The molecule has 0 aromatic heterocycles. The summed E-state index contributed by atoms with van der Waals surface area (Å²) in [6, 6.07) is 4.07. The van der Waals surface area contributed by atoms with Crippen molar-refractivity contribution in [2.75, 3.05) is 13.2 Å². The Kier molecular flexibility index (Phi) is 7.60. The first-order chi connectivity index (χ1) is 10.4. The average Bonchev–Trinajstić information content (AvgIpc) is 2.46. The summed E-state index contributed by atoms with van der Waals surface area (Å²) in [6.07, 6.45) is 3.46. The Morgan fingerprint density at radius 1 is 1.41 bits per heavy atom. The summed E-state index contributed by atoms with van der Waals surface area (Å²) in [4.78, 5) is 22.9. The van der Waals surface area contributed by atoms with Gasteiger partial charge in [-0.15, -0.1) is 0 Å². The number of halogens is 2. The second-order valence-corrected chi connectivity index (χ2v) is 5.55. The van der Waals surface area contributed by atoms with Gasteiger partial charge in [-0.3, -0.25) is 4.79 Å². The van der Waals surface area contributed by atoms with Crippen LogP contribution < -0.4 is 5.32 Å². The predicted octanol–water partition coefficient (Wildman–Crippen LogP) is 3.20. The summed E-state index contributed by atoms with van der Waals surface area (Å²) in [7, 11) is 0. The first kappa shape index (κ1) is 18.2. The third-order valence-electron chi connectivity index (χ3n) is 2.74. The van der Waals surface area contributed by atoms with Crippen LogP contribution in [-0.2, 0) is 14.3 Å². The Morgan fingerprint density at radius 2 is 2.14 bits per heavy atom. The smallest absolute Gasteiger partial charge is 0.331 e. The Balaban J connectivity index is 2.35. The highest BCUT2D eigenvalue weighted by Gasteiger charge is 2.05. The van der Waals surface area contributed by atoms with Crippen molar-refractivity contribution in [3.8, 4) is 0 Å². The van der Waals surface area contributed by atoms with E-state index in [-0.39, 0.29) is 17.5 Å². The lowest BCUT2D eigenvalue weighted by atomic mass is 10.1. The molecular weight excluding hydrogens is 309 g/mol. The van der Waals surface area contributed by atoms with Crippen molar-refractivity contribution in [1.29, 1.82) is 0 Å². The number of ether oxygens (including phenoxy) is 1. The fourth-order valence-corrected chi connectivity index (χ4v) is 1.71. The Labute approximate surface area is 134 Å². The first-order valence-corrected chi connectivity index (χ1v) is 7.33. The molecule has 0 radical (unpaired) electrons. The maximum Gasteiger partial charge on any atom is 0.331 e. The van der Waals surface area contributed by atoms with Gasteiger partial charge in [-0.05, 0) is 36.1 Å². The van der Waals surface area contributed by atoms with E-state index in [2.05, 4.69) is 19.2 Å². The van der Waals surface area contributed by atoms with E-state index in [1.54, 1.807) is 0 Å². The lowest BCUT2D eigenvalue weighted by Crippen LogP contribution is -2.29. The van der Waals surface area contributed by atoms with Gasteiger partial charge < -0.3 is 10.1 Å². The number of benzene rings is 1.